The molecular weight excluding hydrogens is 198 g/mol. The second-order valence-electron chi connectivity index (χ2n) is 3.25. The van der Waals surface area contributed by atoms with Gasteiger partial charge in [0.05, 0.1) is 12.2 Å². The van der Waals surface area contributed by atoms with Crippen LogP contribution in [0.15, 0.2) is 18.2 Å². The zero-order valence-electron chi connectivity index (χ0n) is 8.01. The zero-order valence-corrected chi connectivity index (χ0v) is 8.01. The van der Waals surface area contributed by atoms with E-state index in [2.05, 4.69) is 0 Å². The molecule has 0 saturated carbocycles. The molecule has 0 bridgehead atoms. The van der Waals surface area contributed by atoms with Gasteiger partial charge in [0.2, 0.25) is 0 Å². The number of benzene rings is 1. The summed E-state index contributed by atoms with van der Waals surface area (Å²) < 4.78 is 5.27. The first-order chi connectivity index (χ1) is 7.22. The molecule has 80 valence electrons. The molecule has 0 radical (unpaired) electrons. The SMILES string of the molecule is O=C1c2ccc(O)cc2OCN1CCO. The number of carbonyl (C=O) groups excluding carboxylic acids is 1. The number of aliphatic hydroxyl groups is 1. The Labute approximate surface area is 86.5 Å². The van der Waals surface area contributed by atoms with E-state index in [1.165, 1.54) is 23.1 Å². The highest BCUT2D eigenvalue weighted by Gasteiger charge is 2.25. The van der Waals surface area contributed by atoms with Crippen molar-refractivity contribution in [3.05, 3.63) is 23.8 Å². The van der Waals surface area contributed by atoms with Crippen LogP contribution in [0.3, 0.4) is 0 Å². The van der Waals surface area contributed by atoms with Crippen molar-refractivity contribution < 1.29 is 19.7 Å². The molecule has 1 aliphatic heterocycles. The average molecular weight is 209 g/mol. The van der Waals surface area contributed by atoms with Crippen molar-refractivity contribution >= 4 is 5.91 Å². The van der Waals surface area contributed by atoms with Gasteiger partial charge in [0, 0.05) is 12.6 Å². The number of hydrogen-bond donors (Lipinski definition) is 2. The summed E-state index contributed by atoms with van der Waals surface area (Å²) in [5.74, 6) is 0.261. The van der Waals surface area contributed by atoms with Crippen LogP contribution in [0.1, 0.15) is 10.4 Å². The third-order valence-electron chi connectivity index (χ3n) is 2.23. The zero-order chi connectivity index (χ0) is 10.8. The molecule has 1 aromatic carbocycles. The molecule has 0 fully saturated rings. The monoisotopic (exact) mass is 209 g/mol. The van der Waals surface area contributed by atoms with E-state index >= 15 is 0 Å². The van der Waals surface area contributed by atoms with E-state index in [0.29, 0.717) is 11.3 Å². The summed E-state index contributed by atoms with van der Waals surface area (Å²) in [4.78, 5) is 13.2. The lowest BCUT2D eigenvalue weighted by atomic mass is 10.1. The Morgan fingerprint density at radius 3 is 3.00 bits per heavy atom. The number of phenolic OH excluding ortho intramolecular Hbond substituents is 1. The fourth-order valence-electron chi connectivity index (χ4n) is 1.47. The first-order valence-corrected chi connectivity index (χ1v) is 4.58. The molecule has 1 heterocycles. The first kappa shape index (κ1) is 9.79. The molecule has 2 N–H and O–H groups in total. The van der Waals surface area contributed by atoms with Crippen molar-refractivity contribution in [1.82, 2.24) is 4.90 Å². The van der Waals surface area contributed by atoms with Gasteiger partial charge in [0.25, 0.3) is 5.91 Å². The fourth-order valence-corrected chi connectivity index (χ4v) is 1.47. The van der Waals surface area contributed by atoms with Gasteiger partial charge in [-0.1, -0.05) is 0 Å². The maximum Gasteiger partial charge on any atom is 0.260 e. The smallest absolute Gasteiger partial charge is 0.260 e. The van der Waals surface area contributed by atoms with Crippen molar-refractivity contribution in [2.45, 2.75) is 0 Å². The summed E-state index contributed by atoms with van der Waals surface area (Å²) >= 11 is 0. The Balaban J connectivity index is 2.30. The number of aliphatic hydroxyl groups excluding tert-OH is 1. The van der Waals surface area contributed by atoms with Crippen molar-refractivity contribution in [1.29, 1.82) is 0 Å². The predicted octanol–water partition coefficient (Wildman–Crippen LogP) is 0.177. The van der Waals surface area contributed by atoms with Gasteiger partial charge in [-0.2, -0.15) is 0 Å². The second-order valence-corrected chi connectivity index (χ2v) is 3.25. The number of amides is 1. The van der Waals surface area contributed by atoms with Gasteiger partial charge in [-0.05, 0) is 12.1 Å². The van der Waals surface area contributed by atoms with Gasteiger partial charge in [0.15, 0.2) is 6.73 Å². The Morgan fingerprint density at radius 2 is 2.27 bits per heavy atom. The summed E-state index contributed by atoms with van der Waals surface area (Å²) in [5, 5.41) is 17.9. The molecule has 0 aliphatic carbocycles. The van der Waals surface area contributed by atoms with Gasteiger partial charge in [-0.15, -0.1) is 0 Å². The number of aromatic hydroxyl groups is 1. The summed E-state index contributed by atoms with van der Waals surface area (Å²) in [6.07, 6.45) is 0. The predicted molar refractivity (Wildman–Crippen MR) is 51.7 cm³/mol. The van der Waals surface area contributed by atoms with E-state index < -0.39 is 0 Å². The molecule has 2 rings (SSSR count). The third kappa shape index (κ3) is 1.73. The Morgan fingerprint density at radius 1 is 1.47 bits per heavy atom. The van der Waals surface area contributed by atoms with E-state index in [-0.39, 0.29) is 31.5 Å². The molecule has 1 aromatic rings. The van der Waals surface area contributed by atoms with Gasteiger partial charge in [0.1, 0.15) is 11.5 Å². The maximum atomic E-state index is 11.8. The van der Waals surface area contributed by atoms with Gasteiger partial charge in [-0.25, -0.2) is 0 Å². The number of carbonyl (C=O) groups is 1. The molecule has 5 heteroatoms. The van der Waals surface area contributed by atoms with E-state index in [9.17, 15) is 9.90 Å². The standard InChI is InChI=1S/C10H11NO4/c12-4-3-11-6-15-9-5-7(13)1-2-8(9)10(11)14/h1-2,5,12-13H,3-4,6H2. The van der Waals surface area contributed by atoms with Crippen LogP contribution in [0.25, 0.3) is 0 Å². The Kier molecular flexibility index (Phi) is 2.47. The van der Waals surface area contributed by atoms with Gasteiger partial charge < -0.3 is 19.8 Å². The Bertz CT molecular complexity index is 391. The molecule has 0 atom stereocenters. The minimum atomic E-state index is -0.190. The summed E-state index contributed by atoms with van der Waals surface area (Å²) in [7, 11) is 0. The van der Waals surface area contributed by atoms with Gasteiger partial charge >= 0.3 is 0 Å². The lowest BCUT2D eigenvalue weighted by Gasteiger charge is -2.28. The Hall–Kier alpha value is -1.75. The van der Waals surface area contributed by atoms with Crippen LogP contribution < -0.4 is 4.74 Å². The number of rotatable bonds is 2. The minimum absolute atomic E-state index is 0.0668. The molecule has 0 saturated heterocycles. The summed E-state index contributed by atoms with van der Waals surface area (Å²) in [6.45, 7) is 0.261. The highest BCUT2D eigenvalue weighted by Crippen LogP contribution is 2.28. The minimum Gasteiger partial charge on any atom is -0.508 e. The molecule has 0 aromatic heterocycles. The lowest BCUT2D eigenvalue weighted by molar-refractivity contribution is 0.0469. The summed E-state index contributed by atoms with van der Waals surface area (Å²) in [6, 6.07) is 4.35. The highest BCUT2D eigenvalue weighted by molar-refractivity contribution is 5.97. The number of β-amino-alcohol motifs (C(OH)–C–C–N with tert-alkyl or cyclic N) is 1. The maximum absolute atomic E-state index is 11.8. The van der Waals surface area contributed by atoms with Crippen LogP contribution >= 0.6 is 0 Å². The number of ether oxygens (including phenoxy) is 1. The number of fused-ring (bicyclic) bond motifs is 1. The molecule has 1 aliphatic rings. The molecule has 0 spiro atoms. The van der Waals surface area contributed by atoms with Crippen LogP contribution in [0, 0.1) is 0 Å². The van der Waals surface area contributed by atoms with Crippen LogP contribution in [0.2, 0.25) is 0 Å². The molecule has 1 amide bonds. The van der Waals surface area contributed by atoms with Crippen LogP contribution in [0.5, 0.6) is 11.5 Å². The average Bonchev–Trinajstić information content (AvgIpc) is 2.22. The lowest BCUT2D eigenvalue weighted by Crippen LogP contribution is -2.40. The van der Waals surface area contributed by atoms with Crippen molar-refractivity contribution in [3.63, 3.8) is 0 Å². The van der Waals surface area contributed by atoms with Crippen molar-refractivity contribution in [3.8, 4) is 11.5 Å². The fraction of sp³-hybridized carbons (Fsp3) is 0.300. The molecule has 0 unspecified atom stereocenters. The third-order valence-corrected chi connectivity index (χ3v) is 2.23. The van der Waals surface area contributed by atoms with Crippen LogP contribution in [0.4, 0.5) is 0 Å². The van der Waals surface area contributed by atoms with Crippen LogP contribution in [-0.4, -0.2) is 40.9 Å². The topological polar surface area (TPSA) is 70.0 Å². The van der Waals surface area contributed by atoms with Gasteiger partial charge in [-0.3, -0.25) is 4.79 Å². The van der Waals surface area contributed by atoms with Crippen LogP contribution in [-0.2, 0) is 0 Å². The van der Waals surface area contributed by atoms with Crippen molar-refractivity contribution in [2.24, 2.45) is 0 Å². The quantitative estimate of drug-likeness (QED) is 0.728. The van der Waals surface area contributed by atoms with E-state index in [4.69, 9.17) is 9.84 Å². The molecule has 5 nitrogen and oxygen atoms in total. The van der Waals surface area contributed by atoms with Crippen molar-refractivity contribution in [2.75, 3.05) is 19.9 Å². The first-order valence-electron chi connectivity index (χ1n) is 4.58. The highest BCUT2D eigenvalue weighted by atomic mass is 16.5. The summed E-state index contributed by atoms with van der Waals surface area (Å²) in [5.41, 5.74) is 0.410. The van der Waals surface area contributed by atoms with E-state index in [0.717, 1.165) is 0 Å². The number of hydrogen-bond acceptors (Lipinski definition) is 4. The normalized spacial score (nSPS) is 14.7. The van der Waals surface area contributed by atoms with E-state index in [1.807, 2.05) is 0 Å². The number of phenols is 1. The van der Waals surface area contributed by atoms with E-state index in [1.54, 1.807) is 0 Å². The molecule has 15 heavy (non-hydrogen) atoms. The molecular formula is C10H11NO4. The second kappa shape index (κ2) is 3.78. The number of nitrogens with zero attached hydrogens (tertiary/aromatic N) is 1. The largest absolute Gasteiger partial charge is 0.508 e.